The molecule has 2 nitrogen and oxygen atoms in total. The molecule has 13 heteroatoms. The van der Waals surface area contributed by atoms with E-state index in [1.807, 2.05) is 0 Å². The second-order valence-corrected chi connectivity index (χ2v) is 5.03. The smallest absolute Gasteiger partial charge is 0.255 e. The third-order valence-electron chi connectivity index (χ3n) is 3.46. The lowest BCUT2D eigenvalue weighted by molar-refractivity contribution is 0.321. The summed E-state index contributed by atoms with van der Waals surface area (Å²) in [7, 11) is 0. The van der Waals surface area contributed by atoms with Crippen molar-refractivity contribution in [2.75, 3.05) is 0 Å². The van der Waals surface area contributed by atoms with Crippen LogP contribution in [0.5, 0.6) is 11.5 Å². The zero-order chi connectivity index (χ0) is 21.1. The molecule has 0 aliphatic rings. The van der Waals surface area contributed by atoms with E-state index < -0.39 is 86.5 Å². The molecule has 0 amide bonds. The summed E-state index contributed by atoms with van der Waals surface area (Å²) in [6.07, 6.45) is 0. The number of hydrogen-bond donors (Lipinski definition) is 0. The number of pyridine rings is 1. The Balaban J connectivity index is 2.40. The third-order valence-corrected chi connectivity index (χ3v) is 3.46. The van der Waals surface area contributed by atoms with Gasteiger partial charge in [-0.25, -0.2) is 26.3 Å². The molecule has 3 rings (SSSR count). The van der Waals surface area contributed by atoms with E-state index in [1.165, 1.54) is 0 Å². The van der Waals surface area contributed by atoms with Crippen molar-refractivity contribution in [1.29, 1.82) is 0 Å². The fourth-order valence-electron chi connectivity index (χ4n) is 2.21. The summed E-state index contributed by atoms with van der Waals surface area (Å²) in [6, 6.07) is 0. The summed E-state index contributed by atoms with van der Waals surface area (Å²) in [4.78, 5) is 2.11. The van der Waals surface area contributed by atoms with E-state index in [0.29, 0.717) is 0 Å². The first-order chi connectivity index (χ1) is 13.0. The van der Waals surface area contributed by atoms with Gasteiger partial charge in [-0.3, -0.25) is 0 Å². The molecule has 0 saturated carbocycles. The molecular formula is C15F11NO. The van der Waals surface area contributed by atoms with Crippen molar-refractivity contribution < 1.29 is 53.0 Å². The molecule has 0 spiro atoms. The van der Waals surface area contributed by atoms with E-state index in [2.05, 4.69) is 9.72 Å². The van der Waals surface area contributed by atoms with E-state index in [0.717, 1.165) is 0 Å². The number of benzene rings is 2. The maximum Gasteiger partial charge on any atom is 0.255 e. The Labute approximate surface area is 145 Å². The minimum Gasteiger partial charge on any atom is -0.444 e. The Hall–Kier alpha value is -3.12. The molecule has 3 aromatic rings. The van der Waals surface area contributed by atoms with Crippen LogP contribution in [0.3, 0.4) is 0 Å². The molecule has 0 aliphatic heterocycles. The number of hydrogen-bond acceptors (Lipinski definition) is 2. The van der Waals surface area contributed by atoms with E-state index in [-0.39, 0.29) is 0 Å². The molecule has 28 heavy (non-hydrogen) atoms. The van der Waals surface area contributed by atoms with E-state index in [1.54, 1.807) is 0 Å². The van der Waals surface area contributed by atoms with E-state index >= 15 is 0 Å². The fraction of sp³-hybridized carbons (Fsp3) is 0. The lowest BCUT2D eigenvalue weighted by Crippen LogP contribution is -2.08. The molecule has 0 fully saturated rings. The largest absolute Gasteiger partial charge is 0.444 e. The Morgan fingerprint density at radius 2 is 0.750 bits per heavy atom. The standard InChI is InChI=1S/C15F11NO/c16-3-1-2(4(17)8(21)7(3)20)6(19)12(9(22)5(1)18)28-13-10(23)14(25)27-15(26)11(13)24. The van der Waals surface area contributed by atoms with Crippen LogP contribution in [0.15, 0.2) is 0 Å². The number of aromatic nitrogens is 1. The van der Waals surface area contributed by atoms with Crippen LogP contribution in [0.4, 0.5) is 48.3 Å². The molecule has 0 aliphatic carbocycles. The number of nitrogens with zero attached hydrogens (tertiary/aromatic N) is 1. The predicted molar refractivity (Wildman–Crippen MR) is 67.8 cm³/mol. The van der Waals surface area contributed by atoms with Gasteiger partial charge in [0.25, 0.3) is 11.9 Å². The molecule has 1 heterocycles. The lowest BCUT2D eigenvalue weighted by atomic mass is 10.1. The highest BCUT2D eigenvalue weighted by Crippen LogP contribution is 2.40. The van der Waals surface area contributed by atoms with Crippen LogP contribution < -0.4 is 4.74 Å². The maximum atomic E-state index is 14.3. The molecular weight excluding hydrogens is 419 g/mol. The monoisotopic (exact) mass is 419 g/mol. The number of ether oxygens (including phenoxy) is 1. The molecule has 148 valence electrons. The van der Waals surface area contributed by atoms with Gasteiger partial charge in [-0.2, -0.15) is 26.9 Å². The van der Waals surface area contributed by atoms with Crippen molar-refractivity contribution >= 4 is 10.8 Å². The van der Waals surface area contributed by atoms with Crippen LogP contribution in [0.25, 0.3) is 10.8 Å². The summed E-state index contributed by atoms with van der Waals surface area (Å²) >= 11 is 0. The highest BCUT2D eigenvalue weighted by Gasteiger charge is 2.33. The number of rotatable bonds is 2. The van der Waals surface area contributed by atoms with E-state index in [9.17, 15) is 48.3 Å². The molecule has 0 radical (unpaired) electrons. The van der Waals surface area contributed by atoms with Crippen LogP contribution >= 0.6 is 0 Å². The summed E-state index contributed by atoms with van der Waals surface area (Å²) in [6.45, 7) is 0. The van der Waals surface area contributed by atoms with Gasteiger partial charge in [-0.15, -0.1) is 0 Å². The van der Waals surface area contributed by atoms with Crippen molar-refractivity contribution in [3.05, 3.63) is 64.3 Å². The van der Waals surface area contributed by atoms with Crippen LogP contribution in [0, 0.1) is 64.3 Å². The van der Waals surface area contributed by atoms with Gasteiger partial charge in [-0.05, 0) is 0 Å². The zero-order valence-corrected chi connectivity index (χ0v) is 12.5. The van der Waals surface area contributed by atoms with Gasteiger partial charge in [-0.1, -0.05) is 0 Å². The van der Waals surface area contributed by atoms with Gasteiger partial charge in [0.2, 0.25) is 29.0 Å². The van der Waals surface area contributed by atoms with Crippen molar-refractivity contribution in [2.24, 2.45) is 0 Å². The van der Waals surface area contributed by atoms with Gasteiger partial charge in [0.1, 0.15) is 0 Å². The first kappa shape index (κ1) is 19.6. The van der Waals surface area contributed by atoms with Gasteiger partial charge >= 0.3 is 0 Å². The minimum absolute atomic E-state index is 2.02. The Morgan fingerprint density at radius 3 is 1.21 bits per heavy atom. The minimum atomic E-state index is -2.63. The summed E-state index contributed by atoms with van der Waals surface area (Å²) < 4.78 is 153. The molecule has 1 aromatic heterocycles. The van der Waals surface area contributed by atoms with Gasteiger partial charge in [0.05, 0.1) is 10.8 Å². The van der Waals surface area contributed by atoms with Gasteiger partial charge in [0.15, 0.2) is 34.9 Å². The average molecular weight is 419 g/mol. The quantitative estimate of drug-likeness (QED) is 0.235. The normalized spacial score (nSPS) is 11.4. The van der Waals surface area contributed by atoms with E-state index in [4.69, 9.17) is 0 Å². The molecule has 0 N–H and O–H groups in total. The van der Waals surface area contributed by atoms with Crippen LogP contribution in [-0.4, -0.2) is 4.98 Å². The topological polar surface area (TPSA) is 22.1 Å². The maximum absolute atomic E-state index is 14.3. The van der Waals surface area contributed by atoms with Gasteiger partial charge < -0.3 is 4.74 Å². The van der Waals surface area contributed by atoms with Crippen molar-refractivity contribution in [3.63, 3.8) is 0 Å². The molecule has 0 saturated heterocycles. The molecule has 2 aromatic carbocycles. The Morgan fingerprint density at radius 1 is 0.393 bits per heavy atom. The SMILES string of the molecule is Fc1nc(F)c(F)c(Oc2c(F)c(F)c3c(F)c(F)c(F)c(F)c3c2F)c1F. The average Bonchev–Trinajstić information content (AvgIpc) is 2.65. The molecule has 0 bridgehead atoms. The Kier molecular flexibility index (Phi) is 4.55. The lowest BCUT2D eigenvalue weighted by Gasteiger charge is -2.14. The van der Waals surface area contributed by atoms with Crippen LogP contribution in [-0.2, 0) is 0 Å². The third kappa shape index (κ3) is 2.60. The number of halogens is 11. The highest BCUT2D eigenvalue weighted by atomic mass is 19.2. The first-order valence-electron chi connectivity index (χ1n) is 6.68. The second kappa shape index (κ2) is 6.49. The molecule has 0 atom stereocenters. The van der Waals surface area contributed by atoms with Crippen molar-refractivity contribution in [3.8, 4) is 11.5 Å². The fourth-order valence-corrected chi connectivity index (χ4v) is 2.21. The second-order valence-electron chi connectivity index (χ2n) is 5.03. The Bertz CT molecular complexity index is 1140. The van der Waals surface area contributed by atoms with Crippen molar-refractivity contribution in [1.82, 2.24) is 4.98 Å². The summed E-state index contributed by atoms with van der Waals surface area (Å²) in [5, 5.41) is -4.05. The highest BCUT2D eigenvalue weighted by molar-refractivity contribution is 5.87. The van der Waals surface area contributed by atoms with Crippen molar-refractivity contribution in [2.45, 2.75) is 0 Å². The summed E-state index contributed by atoms with van der Waals surface area (Å²) in [5.74, 6) is -31.8. The molecule has 0 unspecified atom stereocenters. The number of fused-ring (bicyclic) bond motifs is 1. The van der Waals surface area contributed by atoms with Crippen LogP contribution in [0.2, 0.25) is 0 Å². The van der Waals surface area contributed by atoms with Gasteiger partial charge in [0, 0.05) is 0 Å². The first-order valence-corrected chi connectivity index (χ1v) is 6.68. The summed E-state index contributed by atoms with van der Waals surface area (Å²) in [5.41, 5.74) is 0. The van der Waals surface area contributed by atoms with Crippen LogP contribution in [0.1, 0.15) is 0 Å². The predicted octanol–water partition coefficient (Wildman–Crippen LogP) is 5.56. The zero-order valence-electron chi connectivity index (χ0n) is 12.5.